The van der Waals surface area contributed by atoms with Crippen molar-refractivity contribution in [3.63, 3.8) is 0 Å². The van der Waals surface area contributed by atoms with Crippen LogP contribution in [0.2, 0.25) is 0 Å². The fourth-order valence-electron chi connectivity index (χ4n) is 5.31. The summed E-state index contributed by atoms with van der Waals surface area (Å²) in [7, 11) is 1.62. The number of nitrogens with one attached hydrogen (secondary N) is 1. The molecule has 1 aliphatic rings. The van der Waals surface area contributed by atoms with Gasteiger partial charge in [-0.3, -0.25) is 9.20 Å². The smallest absolute Gasteiger partial charge is 0.270 e. The number of benzene rings is 2. The zero-order valence-corrected chi connectivity index (χ0v) is 21.6. The van der Waals surface area contributed by atoms with Gasteiger partial charge < -0.3 is 19.5 Å². The molecule has 1 N–H and O–H groups in total. The molecule has 0 bridgehead atoms. The van der Waals surface area contributed by atoms with E-state index in [2.05, 4.69) is 20.1 Å². The van der Waals surface area contributed by atoms with E-state index in [1.54, 1.807) is 19.5 Å². The summed E-state index contributed by atoms with van der Waals surface area (Å²) in [6.45, 7) is 6.36. The van der Waals surface area contributed by atoms with Gasteiger partial charge in [-0.05, 0) is 47.4 Å². The molecule has 38 heavy (non-hydrogen) atoms. The van der Waals surface area contributed by atoms with Gasteiger partial charge in [0.1, 0.15) is 23.6 Å². The molecule has 8 nitrogen and oxygen atoms in total. The number of rotatable bonds is 5. The first-order chi connectivity index (χ1) is 18.5. The second-order valence-corrected chi connectivity index (χ2v) is 9.88. The molecule has 0 radical (unpaired) electrons. The predicted octanol–water partition coefficient (Wildman–Crippen LogP) is 5.36. The molecule has 2 aromatic carbocycles. The van der Waals surface area contributed by atoms with Crippen LogP contribution in [-0.2, 0) is 0 Å². The summed E-state index contributed by atoms with van der Waals surface area (Å²) in [6, 6.07) is 17.2. The molecule has 9 heteroatoms. The normalized spacial score (nSPS) is 14.1. The molecule has 1 aliphatic heterocycles. The number of aromatic nitrogens is 4. The van der Waals surface area contributed by atoms with Gasteiger partial charge >= 0.3 is 0 Å². The lowest BCUT2D eigenvalue weighted by atomic mass is 9.93. The van der Waals surface area contributed by atoms with Gasteiger partial charge in [0, 0.05) is 38.6 Å². The van der Waals surface area contributed by atoms with Crippen LogP contribution in [-0.4, -0.2) is 63.7 Å². The number of para-hydroxylation sites is 1. The summed E-state index contributed by atoms with van der Waals surface area (Å²) in [5, 5.41) is 8.79. The average molecular weight is 515 g/mol. The second kappa shape index (κ2) is 9.48. The minimum atomic E-state index is -0.320. The summed E-state index contributed by atoms with van der Waals surface area (Å²) in [5.74, 6) is 1.20. The van der Waals surface area contributed by atoms with Crippen molar-refractivity contribution in [1.82, 2.24) is 24.5 Å². The highest BCUT2D eigenvalue weighted by Gasteiger charge is 2.27. The van der Waals surface area contributed by atoms with E-state index in [-0.39, 0.29) is 19.1 Å². The zero-order chi connectivity index (χ0) is 26.4. The number of piperazine rings is 1. The number of anilines is 1. The van der Waals surface area contributed by atoms with Crippen LogP contribution < -0.4 is 9.64 Å². The Hall–Kier alpha value is -4.40. The van der Waals surface area contributed by atoms with Gasteiger partial charge in [-0.15, -0.1) is 10.2 Å². The summed E-state index contributed by atoms with van der Waals surface area (Å²) in [4.78, 5) is 20.8. The van der Waals surface area contributed by atoms with E-state index < -0.39 is 0 Å². The summed E-state index contributed by atoms with van der Waals surface area (Å²) < 4.78 is 23.2. The first-order valence-electron chi connectivity index (χ1n) is 12.8. The predicted molar refractivity (Wildman–Crippen MR) is 148 cm³/mol. The maximum absolute atomic E-state index is 15.7. The molecule has 6 rings (SSSR count). The molecule has 0 aliphatic carbocycles. The number of aromatic amines is 1. The minimum absolute atomic E-state index is 0. The van der Waals surface area contributed by atoms with Gasteiger partial charge in [-0.2, -0.15) is 0 Å². The van der Waals surface area contributed by atoms with Crippen molar-refractivity contribution in [1.29, 1.82) is 0 Å². The molecular weight excluding hydrogens is 483 g/mol. The first kappa shape index (κ1) is 24.0. The Morgan fingerprint density at radius 1 is 1.05 bits per heavy atom. The standard InChI is InChI=1S/C29H29FN6O2.H2/c1-18(2)20-15-21(19-7-4-5-8-24(19)38-3)22-16-23(32-28(22)27(20)30)29(37)35-13-11-34(12-14-35)26-10-6-9-25-33-31-17-36(25)26;/h4-10,15-18,32H,11-14H2,1-3H3;1H. The number of H-pyrrole nitrogens is 1. The van der Waals surface area contributed by atoms with Gasteiger partial charge in [0.15, 0.2) is 11.5 Å². The number of carbonyl (C=O) groups is 1. The van der Waals surface area contributed by atoms with Crippen LogP contribution in [0.25, 0.3) is 27.7 Å². The quantitative estimate of drug-likeness (QED) is 0.342. The fourth-order valence-corrected chi connectivity index (χ4v) is 5.31. The van der Waals surface area contributed by atoms with Gasteiger partial charge in [-0.25, -0.2) is 4.39 Å². The van der Waals surface area contributed by atoms with Crippen molar-refractivity contribution in [2.75, 3.05) is 38.2 Å². The maximum Gasteiger partial charge on any atom is 0.270 e. The number of methoxy groups -OCH3 is 1. The topological polar surface area (TPSA) is 78.8 Å². The van der Waals surface area contributed by atoms with Crippen molar-refractivity contribution in [3.8, 4) is 16.9 Å². The molecule has 5 aromatic rings. The highest BCUT2D eigenvalue weighted by molar-refractivity contribution is 6.04. The van der Waals surface area contributed by atoms with Crippen LogP contribution in [0.1, 0.15) is 37.2 Å². The third-order valence-electron chi connectivity index (χ3n) is 7.33. The first-order valence-corrected chi connectivity index (χ1v) is 12.8. The number of amides is 1. The van der Waals surface area contributed by atoms with Gasteiger partial charge in [0.2, 0.25) is 0 Å². The number of fused-ring (bicyclic) bond motifs is 2. The van der Waals surface area contributed by atoms with Crippen LogP contribution in [0.4, 0.5) is 10.2 Å². The molecule has 1 fully saturated rings. The maximum atomic E-state index is 15.7. The number of pyridine rings is 1. The average Bonchev–Trinajstić information content (AvgIpc) is 3.61. The number of ether oxygens (including phenoxy) is 1. The molecule has 0 atom stereocenters. The van der Waals surface area contributed by atoms with E-state index in [4.69, 9.17) is 4.74 Å². The molecular formula is C29H31FN6O2. The monoisotopic (exact) mass is 514 g/mol. The Bertz CT molecular complexity index is 1650. The van der Waals surface area contributed by atoms with Crippen LogP contribution in [0.5, 0.6) is 5.75 Å². The van der Waals surface area contributed by atoms with E-state index in [0.29, 0.717) is 54.1 Å². The summed E-state index contributed by atoms with van der Waals surface area (Å²) in [6.07, 6.45) is 1.70. The molecule has 4 heterocycles. The number of nitrogens with zero attached hydrogens (tertiary/aromatic N) is 5. The van der Waals surface area contributed by atoms with Crippen LogP contribution >= 0.6 is 0 Å². The van der Waals surface area contributed by atoms with Crippen molar-refractivity contribution in [2.24, 2.45) is 0 Å². The van der Waals surface area contributed by atoms with Crippen LogP contribution in [0.15, 0.2) is 60.9 Å². The Balaban J connectivity index is 0.00000308. The molecule has 0 unspecified atom stereocenters. The highest BCUT2D eigenvalue weighted by Crippen LogP contribution is 2.39. The van der Waals surface area contributed by atoms with Crippen molar-refractivity contribution in [2.45, 2.75) is 19.8 Å². The summed E-state index contributed by atoms with van der Waals surface area (Å²) in [5.41, 5.74) is 3.80. The molecule has 0 spiro atoms. The minimum Gasteiger partial charge on any atom is -0.496 e. The molecule has 1 saturated heterocycles. The SMILES string of the molecule is COc1ccccc1-c1cc(C(C)C)c(F)c2[nH]c(C(=O)N3CCN(c4cccc5nncn45)CC3)cc12.[HH]. The summed E-state index contributed by atoms with van der Waals surface area (Å²) >= 11 is 0. The van der Waals surface area contributed by atoms with E-state index >= 15 is 4.39 Å². The largest absolute Gasteiger partial charge is 0.496 e. The lowest BCUT2D eigenvalue weighted by Crippen LogP contribution is -2.49. The molecule has 0 saturated carbocycles. The Morgan fingerprint density at radius 2 is 1.84 bits per heavy atom. The third-order valence-corrected chi connectivity index (χ3v) is 7.33. The van der Waals surface area contributed by atoms with E-state index in [1.165, 1.54) is 0 Å². The molecule has 1 amide bonds. The zero-order valence-electron chi connectivity index (χ0n) is 21.6. The van der Waals surface area contributed by atoms with Gasteiger partial charge in [0.25, 0.3) is 5.91 Å². The molecule has 3 aromatic heterocycles. The van der Waals surface area contributed by atoms with Crippen molar-refractivity contribution in [3.05, 3.63) is 78.0 Å². The lowest BCUT2D eigenvalue weighted by molar-refractivity contribution is 0.0741. The van der Waals surface area contributed by atoms with Gasteiger partial charge in [0.05, 0.1) is 12.6 Å². The lowest BCUT2D eigenvalue weighted by Gasteiger charge is -2.36. The third kappa shape index (κ3) is 3.95. The Kier molecular flexibility index (Phi) is 5.98. The van der Waals surface area contributed by atoms with Crippen molar-refractivity contribution < 1.29 is 15.3 Å². The van der Waals surface area contributed by atoms with Crippen molar-refractivity contribution >= 4 is 28.3 Å². The number of hydrogen-bond donors (Lipinski definition) is 1. The van der Waals surface area contributed by atoms with E-state index in [1.807, 2.05) is 71.7 Å². The molecule has 196 valence electrons. The van der Waals surface area contributed by atoms with Gasteiger partial charge in [-0.1, -0.05) is 38.1 Å². The highest BCUT2D eigenvalue weighted by atomic mass is 19.1. The second-order valence-electron chi connectivity index (χ2n) is 9.88. The van der Waals surface area contributed by atoms with E-state index in [0.717, 1.165) is 22.6 Å². The number of carbonyl (C=O) groups excluding carboxylic acids is 1. The van der Waals surface area contributed by atoms with Crippen LogP contribution in [0.3, 0.4) is 0 Å². The number of hydrogen-bond acceptors (Lipinski definition) is 5. The Morgan fingerprint density at radius 3 is 2.61 bits per heavy atom. The van der Waals surface area contributed by atoms with E-state index in [9.17, 15) is 4.79 Å². The fraction of sp³-hybridized carbons (Fsp3) is 0.276. The van der Waals surface area contributed by atoms with Crippen LogP contribution in [0, 0.1) is 5.82 Å². The number of halogens is 1. The Labute approximate surface area is 221 Å².